The zero-order chi connectivity index (χ0) is 33.4. The Labute approximate surface area is 275 Å². The van der Waals surface area contributed by atoms with Crippen LogP contribution >= 0.6 is 0 Å². The molecule has 1 aliphatic carbocycles. The molecule has 0 spiro atoms. The summed E-state index contributed by atoms with van der Waals surface area (Å²) in [5.41, 5.74) is 2.33. The van der Waals surface area contributed by atoms with Gasteiger partial charge >= 0.3 is 0 Å². The van der Waals surface area contributed by atoms with Crippen LogP contribution in [0.15, 0.2) is 108 Å². The average molecular weight is 660 g/mol. The first-order valence-corrected chi connectivity index (χ1v) is 17.3. The predicted octanol–water partition coefficient (Wildman–Crippen LogP) is 6.56. The molecule has 246 valence electrons. The van der Waals surface area contributed by atoms with Gasteiger partial charge in [-0.05, 0) is 79.4 Å². The lowest BCUT2D eigenvalue weighted by atomic mass is 9.94. The Morgan fingerprint density at radius 3 is 2.00 bits per heavy atom. The average Bonchev–Trinajstić information content (AvgIpc) is 3.07. The number of carbonyl (C=O) groups excluding carboxylic acids is 2. The van der Waals surface area contributed by atoms with Gasteiger partial charge in [-0.2, -0.15) is 0 Å². The van der Waals surface area contributed by atoms with Gasteiger partial charge in [0.05, 0.1) is 10.6 Å². The summed E-state index contributed by atoms with van der Waals surface area (Å²) in [7, 11) is -4.31. The van der Waals surface area contributed by atoms with Crippen molar-refractivity contribution in [2.45, 2.75) is 69.0 Å². The van der Waals surface area contributed by atoms with Gasteiger partial charge in [-0.1, -0.05) is 79.4 Å². The minimum Gasteiger partial charge on any atom is -0.352 e. The summed E-state index contributed by atoms with van der Waals surface area (Å²) in [6.07, 6.45) is 4.94. The third-order valence-corrected chi connectivity index (χ3v) is 10.3. The van der Waals surface area contributed by atoms with E-state index < -0.39 is 40.2 Å². The number of amides is 2. The molecule has 5 rings (SSSR count). The van der Waals surface area contributed by atoms with Crippen LogP contribution in [0.5, 0.6) is 0 Å². The molecular formula is C37H39F2N3O4S. The standard InChI is InChI=1S/C37H39F2N3O4S/c1-27-12-22-34(23-13-27)47(45,46)42(33-20-18-31(39)19-21-33)26-36(43)41(25-29-14-16-30(38)17-15-29)35(24-28-8-4-2-5-9-28)37(44)40-32-10-6-3-7-11-32/h2,4-5,8-9,12-23,32,35H,3,6-7,10-11,24-26H2,1H3,(H,40,44)/t35-/m0/s1. The molecule has 1 fully saturated rings. The molecule has 1 atom stereocenters. The summed E-state index contributed by atoms with van der Waals surface area (Å²) in [6, 6.07) is 25.0. The predicted molar refractivity (Wildman–Crippen MR) is 178 cm³/mol. The number of sulfonamides is 1. The normalized spacial score (nSPS) is 14.3. The first-order chi connectivity index (χ1) is 22.6. The summed E-state index contributed by atoms with van der Waals surface area (Å²) in [4.78, 5) is 30.0. The molecule has 1 aliphatic rings. The highest BCUT2D eigenvalue weighted by molar-refractivity contribution is 7.92. The summed E-state index contributed by atoms with van der Waals surface area (Å²) in [5.74, 6) is -2.00. The lowest BCUT2D eigenvalue weighted by Crippen LogP contribution is -2.55. The highest BCUT2D eigenvalue weighted by Gasteiger charge is 2.35. The number of benzene rings is 4. The number of anilines is 1. The van der Waals surface area contributed by atoms with Gasteiger partial charge in [0, 0.05) is 19.0 Å². The van der Waals surface area contributed by atoms with Gasteiger partial charge in [0.2, 0.25) is 11.8 Å². The Balaban J connectivity index is 1.55. The van der Waals surface area contributed by atoms with Crippen molar-refractivity contribution in [2.75, 3.05) is 10.8 Å². The maximum atomic E-state index is 14.5. The second-order valence-corrected chi connectivity index (χ2v) is 13.9. The van der Waals surface area contributed by atoms with Gasteiger partial charge in [0.15, 0.2) is 0 Å². The summed E-state index contributed by atoms with van der Waals surface area (Å²) >= 11 is 0. The zero-order valence-corrected chi connectivity index (χ0v) is 27.1. The molecule has 0 aromatic heterocycles. The molecule has 0 aliphatic heterocycles. The Morgan fingerprint density at radius 1 is 0.787 bits per heavy atom. The lowest BCUT2D eigenvalue weighted by Gasteiger charge is -2.35. The second kappa shape index (κ2) is 15.3. The highest BCUT2D eigenvalue weighted by atomic mass is 32.2. The molecule has 47 heavy (non-hydrogen) atoms. The van der Waals surface area contributed by atoms with Crippen LogP contribution in [0.2, 0.25) is 0 Å². The maximum absolute atomic E-state index is 14.5. The van der Waals surface area contributed by atoms with E-state index in [0.29, 0.717) is 5.56 Å². The summed E-state index contributed by atoms with van der Waals surface area (Å²) in [6.45, 7) is 1.10. The van der Waals surface area contributed by atoms with Gasteiger partial charge < -0.3 is 10.2 Å². The fraction of sp³-hybridized carbons (Fsp3) is 0.297. The second-order valence-electron chi connectivity index (χ2n) is 12.0. The third-order valence-electron chi connectivity index (χ3n) is 8.49. The van der Waals surface area contributed by atoms with Crippen molar-refractivity contribution in [3.8, 4) is 0 Å². The van der Waals surface area contributed by atoms with Gasteiger partial charge in [-0.25, -0.2) is 17.2 Å². The molecule has 0 heterocycles. The van der Waals surface area contributed by atoms with Crippen molar-refractivity contribution < 1.29 is 26.8 Å². The molecule has 0 unspecified atom stereocenters. The van der Waals surface area contributed by atoms with E-state index in [-0.39, 0.29) is 35.5 Å². The molecule has 7 nitrogen and oxygen atoms in total. The maximum Gasteiger partial charge on any atom is 0.264 e. The van der Waals surface area contributed by atoms with Crippen LogP contribution in [0, 0.1) is 18.6 Å². The fourth-order valence-corrected chi connectivity index (χ4v) is 7.27. The van der Waals surface area contributed by atoms with Crippen LogP contribution in [0.1, 0.15) is 48.8 Å². The number of rotatable bonds is 12. The quantitative estimate of drug-likeness (QED) is 0.187. The topological polar surface area (TPSA) is 86.8 Å². The number of aryl methyl sites for hydroxylation is 1. The zero-order valence-electron chi connectivity index (χ0n) is 26.3. The van der Waals surface area contributed by atoms with Gasteiger partial charge in [0.25, 0.3) is 10.0 Å². The molecule has 2 amide bonds. The molecule has 4 aromatic rings. The third kappa shape index (κ3) is 8.83. The van der Waals surface area contributed by atoms with Crippen LogP contribution in [-0.4, -0.2) is 43.8 Å². The van der Waals surface area contributed by atoms with Crippen molar-refractivity contribution in [1.29, 1.82) is 0 Å². The molecular weight excluding hydrogens is 620 g/mol. The minimum atomic E-state index is -4.31. The monoisotopic (exact) mass is 659 g/mol. The number of carbonyl (C=O) groups is 2. The van der Waals surface area contributed by atoms with E-state index in [0.717, 1.165) is 59.7 Å². The molecule has 1 saturated carbocycles. The van der Waals surface area contributed by atoms with Crippen molar-refractivity contribution >= 4 is 27.5 Å². The summed E-state index contributed by atoms with van der Waals surface area (Å²) < 4.78 is 56.9. The van der Waals surface area contributed by atoms with E-state index in [4.69, 9.17) is 0 Å². The van der Waals surface area contributed by atoms with Gasteiger partial charge in [-0.15, -0.1) is 0 Å². The molecule has 10 heteroatoms. The van der Waals surface area contributed by atoms with E-state index in [1.54, 1.807) is 12.1 Å². The Morgan fingerprint density at radius 2 is 1.38 bits per heavy atom. The van der Waals surface area contributed by atoms with Crippen LogP contribution in [0.3, 0.4) is 0 Å². The SMILES string of the molecule is Cc1ccc(S(=O)(=O)N(CC(=O)N(Cc2ccc(F)cc2)[C@@H](Cc2ccccc2)C(=O)NC2CCCCC2)c2ccc(F)cc2)cc1. The van der Waals surface area contributed by atoms with Crippen LogP contribution in [0.4, 0.5) is 14.5 Å². The Kier molecular flexibility index (Phi) is 11.0. The number of hydrogen-bond acceptors (Lipinski definition) is 4. The van der Waals surface area contributed by atoms with Gasteiger partial charge in [-0.3, -0.25) is 13.9 Å². The first kappa shape index (κ1) is 33.8. The molecule has 1 N–H and O–H groups in total. The van der Waals surface area contributed by atoms with Crippen molar-refractivity contribution in [1.82, 2.24) is 10.2 Å². The van der Waals surface area contributed by atoms with Crippen LogP contribution in [0.25, 0.3) is 0 Å². The minimum absolute atomic E-state index is 0.0325. The smallest absolute Gasteiger partial charge is 0.264 e. The van der Waals surface area contributed by atoms with Crippen molar-refractivity contribution in [3.05, 3.63) is 131 Å². The van der Waals surface area contributed by atoms with E-state index in [1.807, 2.05) is 37.3 Å². The lowest BCUT2D eigenvalue weighted by molar-refractivity contribution is -0.140. The number of nitrogens with zero attached hydrogens (tertiary/aromatic N) is 2. The first-order valence-electron chi connectivity index (χ1n) is 15.8. The Hall–Kier alpha value is -4.57. The number of nitrogens with one attached hydrogen (secondary N) is 1. The van der Waals surface area contributed by atoms with E-state index >= 15 is 0 Å². The van der Waals surface area contributed by atoms with Gasteiger partial charge in [0.1, 0.15) is 24.2 Å². The van der Waals surface area contributed by atoms with Crippen molar-refractivity contribution in [3.63, 3.8) is 0 Å². The highest BCUT2D eigenvalue weighted by Crippen LogP contribution is 2.26. The molecule has 0 bridgehead atoms. The largest absolute Gasteiger partial charge is 0.352 e. The van der Waals surface area contributed by atoms with E-state index in [2.05, 4.69) is 5.32 Å². The molecule has 4 aromatic carbocycles. The Bertz CT molecular complexity index is 1740. The molecule has 0 radical (unpaired) electrons. The van der Waals surface area contributed by atoms with E-state index in [9.17, 15) is 26.8 Å². The molecule has 0 saturated heterocycles. The number of hydrogen-bond donors (Lipinski definition) is 1. The number of halogens is 2. The van der Waals surface area contributed by atoms with Crippen LogP contribution in [-0.2, 0) is 32.6 Å². The fourth-order valence-electron chi connectivity index (χ4n) is 5.86. The van der Waals surface area contributed by atoms with Crippen molar-refractivity contribution in [2.24, 2.45) is 0 Å². The van der Waals surface area contributed by atoms with Crippen LogP contribution < -0.4 is 9.62 Å². The van der Waals surface area contributed by atoms with E-state index in [1.165, 1.54) is 53.4 Å². The summed E-state index contributed by atoms with van der Waals surface area (Å²) in [5, 5.41) is 3.16.